The highest BCUT2D eigenvalue weighted by molar-refractivity contribution is 7.92. The Hall–Kier alpha value is -3.78. The Balaban J connectivity index is 1.29. The summed E-state index contributed by atoms with van der Waals surface area (Å²) < 4.78 is 37.8. The molecule has 0 amide bonds. The van der Waals surface area contributed by atoms with E-state index in [-0.39, 0.29) is 28.1 Å². The lowest BCUT2D eigenvalue weighted by atomic mass is 9.74. The lowest BCUT2D eigenvalue weighted by Gasteiger charge is -2.33. The van der Waals surface area contributed by atoms with E-state index < -0.39 is 10.0 Å². The fourth-order valence-corrected chi connectivity index (χ4v) is 10.3. The minimum absolute atomic E-state index is 0.000929. The second kappa shape index (κ2) is 15.9. The first-order valence-electron chi connectivity index (χ1n) is 20.1. The molecule has 2 atom stereocenters. The van der Waals surface area contributed by atoms with Gasteiger partial charge in [0.05, 0.1) is 17.2 Å². The lowest BCUT2D eigenvalue weighted by Crippen LogP contribution is -2.28. The molecule has 8 heteroatoms. The van der Waals surface area contributed by atoms with Gasteiger partial charge in [-0.15, -0.1) is 0 Å². The van der Waals surface area contributed by atoms with Gasteiger partial charge in [-0.1, -0.05) is 109 Å². The average molecular weight is 735 g/mol. The van der Waals surface area contributed by atoms with Gasteiger partial charge in [0.25, 0.3) is 10.0 Å². The van der Waals surface area contributed by atoms with Gasteiger partial charge in [-0.25, -0.2) is 18.1 Å². The normalized spacial score (nSPS) is 21.2. The van der Waals surface area contributed by atoms with Crippen LogP contribution < -0.4 is 9.46 Å². The number of aromatic nitrogens is 3. The first-order chi connectivity index (χ1) is 25.4. The average Bonchev–Trinajstić information content (AvgIpc) is 3.14. The highest BCUT2D eigenvalue weighted by Gasteiger charge is 2.32. The third-order valence-corrected chi connectivity index (χ3v) is 13.3. The highest BCUT2D eigenvalue weighted by atomic mass is 32.2. The molecular formula is C45H58N4O3S. The number of nitrogens with zero attached hydrogens (tertiary/aromatic N) is 3. The topological polar surface area (TPSA) is 94.1 Å². The van der Waals surface area contributed by atoms with Crippen LogP contribution in [0.2, 0.25) is 0 Å². The molecule has 1 N–H and O–H groups in total. The first kappa shape index (κ1) is 37.5. The fraction of sp³-hybridized carbons (Fsp3) is 0.533. The second-order valence-electron chi connectivity index (χ2n) is 17.4. The zero-order chi connectivity index (χ0) is 37.2. The van der Waals surface area contributed by atoms with Crippen molar-refractivity contribution in [3.05, 3.63) is 94.3 Å². The van der Waals surface area contributed by atoms with Gasteiger partial charge >= 0.3 is 0 Å². The van der Waals surface area contributed by atoms with Crippen molar-refractivity contribution in [2.24, 2.45) is 17.3 Å². The van der Waals surface area contributed by atoms with E-state index in [9.17, 15) is 8.42 Å². The van der Waals surface area contributed by atoms with Crippen LogP contribution in [0.1, 0.15) is 137 Å². The second-order valence-corrected chi connectivity index (χ2v) is 19.1. The molecule has 2 fully saturated rings. The van der Waals surface area contributed by atoms with E-state index in [0.29, 0.717) is 30.7 Å². The van der Waals surface area contributed by atoms with E-state index >= 15 is 0 Å². The van der Waals surface area contributed by atoms with Crippen molar-refractivity contribution in [2.45, 2.75) is 135 Å². The maximum atomic E-state index is 14.1. The van der Waals surface area contributed by atoms with Crippen molar-refractivity contribution < 1.29 is 13.2 Å². The predicted molar refractivity (Wildman–Crippen MR) is 214 cm³/mol. The molecule has 0 saturated heterocycles. The van der Waals surface area contributed by atoms with Crippen molar-refractivity contribution in [2.75, 3.05) is 11.3 Å². The van der Waals surface area contributed by atoms with Gasteiger partial charge < -0.3 is 4.74 Å². The van der Waals surface area contributed by atoms with Crippen molar-refractivity contribution in [1.29, 1.82) is 0 Å². The summed E-state index contributed by atoms with van der Waals surface area (Å²) >= 11 is 0. The summed E-state index contributed by atoms with van der Waals surface area (Å²) in [5.41, 5.74) is 8.30. The summed E-state index contributed by atoms with van der Waals surface area (Å²) in [6.45, 7) is 11.4. The molecule has 1 unspecified atom stereocenters. The number of rotatable bonds is 7. The molecule has 3 aliphatic rings. The van der Waals surface area contributed by atoms with Crippen LogP contribution in [0.25, 0.3) is 11.3 Å². The number of hydrogen-bond donors (Lipinski definition) is 1. The molecule has 2 saturated carbocycles. The molecule has 4 aromatic rings. The number of ether oxygens (including phenoxy) is 1. The molecule has 3 heterocycles. The summed E-state index contributed by atoms with van der Waals surface area (Å²) in [7, 11) is -4.01. The van der Waals surface area contributed by atoms with Gasteiger partial charge in [-0.05, 0) is 110 Å². The van der Waals surface area contributed by atoms with Crippen LogP contribution in [-0.2, 0) is 22.9 Å². The largest absolute Gasteiger partial charge is 0.477 e. The Labute approximate surface area is 317 Å². The standard InChI is InChI=1S/C45H58N4O3S/c1-30-14-12-20-35(24-32-15-8-6-9-16-32)41(30)42-31(2)43-48-44(47-42)49-53(50,51)39-21-13-19-34(25-39)40(37(29-52-43)27-45(3,4)5)26-38-23-22-36(28-46-38)33-17-10-7-11-18-33/h12-14,19-23,25,28,32-33,37,40H,6-11,15-18,24,26-27,29H2,1-5H3,(H,47,48,49)/t37-,40?/m1/s1. The van der Waals surface area contributed by atoms with Crippen LogP contribution in [-0.4, -0.2) is 30.0 Å². The number of hydrogen-bond acceptors (Lipinski definition) is 6. The van der Waals surface area contributed by atoms with E-state index in [1.807, 2.05) is 19.1 Å². The molecule has 2 aromatic heterocycles. The molecule has 7 nitrogen and oxygen atoms in total. The smallest absolute Gasteiger partial charge is 0.264 e. The maximum Gasteiger partial charge on any atom is 0.264 e. The molecular weight excluding hydrogens is 677 g/mol. The fourth-order valence-electron chi connectivity index (χ4n) is 9.26. The number of aryl methyl sites for hydroxylation is 1. The number of sulfonamides is 1. The molecule has 1 aliphatic heterocycles. The van der Waals surface area contributed by atoms with Gasteiger partial charge in [0, 0.05) is 28.9 Å². The van der Waals surface area contributed by atoms with E-state index in [0.717, 1.165) is 46.5 Å². The number of anilines is 1. The van der Waals surface area contributed by atoms with Crippen LogP contribution in [0.15, 0.2) is 65.7 Å². The molecule has 7 rings (SSSR count). The molecule has 53 heavy (non-hydrogen) atoms. The van der Waals surface area contributed by atoms with Crippen LogP contribution in [0.5, 0.6) is 5.88 Å². The van der Waals surface area contributed by atoms with E-state index in [2.05, 4.69) is 75.0 Å². The summed E-state index contributed by atoms with van der Waals surface area (Å²) in [5.74, 6) is 1.72. The highest BCUT2D eigenvalue weighted by Crippen LogP contribution is 2.41. The van der Waals surface area contributed by atoms with E-state index in [1.165, 1.54) is 75.3 Å². The number of nitrogens with one attached hydrogen (secondary N) is 1. The Kier molecular flexibility index (Phi) is 11.3. The summed E-state index contributed by atoms with van der Waals surface area (Å²) in [6, 6.07) is 18.3. The molecule has 0 spiro atoms. The molecule has 4 bridgehead atoms. The Morgan fingerprint density at radius 3 is 2.28 bits per heavy atom. The molecule has 0 radical (unpaired) electrons. The molecule has 282 valence electrons. The monoisotopic (exact) mass is 734 g/mol. The van der Waals surface area contributed by atoms with Crippen LogP contribution >= 0.6 is 0 Å². The van der Waals surface area contributed by atoms with Gasteiger partial charge in [0.15, 0.2) is 0 Å². The SMILES string of the molecule is Cc1cccc(CC2CCCCC2)c1-c1nc2nc(c1C)OC[C@@H](CC(C)(C)C)C(Cc1ccc(C3CCCCC3)cn1)c1cccc(c1)S(=O)(=O)N2. The van der Waals surface area contributed by atoms with Crippen LogP contribution in [0.4, 0.5) is 5.95 Å². The number of pyridine rings is 1. The lowest BCUT2D eigenvalue weighted by molar-refractivity contribution is 0.165. The van der Waals surface area contributed by atoms with Gasteiger partial charge in [0.1, 0.15) is 0 Å². The number of fused-ring (bicyclic) bond motifs is 4. The van der Waals surface area contributed by atoms with Gasteiger partial charge in [-0.2, -0.15) is 4.98 Å². The summed E-state index contributed by atoms with van der Waals surface area (Å²) in [5, 5.41) is 0. The zero-order valence-corrected chi connectivity index (χ0v) is 33.3. The maximum absolute atomic E-state index is 14.1. The molecule has 2 aliphatic carbocycles. The van der Waals surface area contributed by atoms with Crippen molar-refractivity contribution in [3.8, 4) is 17.1 Å². The zero-order valence-electron chi connectivity index (χ0n) is 32.5. The number of benzene rings is 2. The van der Waals surface area contributed by atoms with Crippen molar-refractivity contribution in [3.63, 3.8) is 0 Å². The third-order valence-electron chi connectivity index (χ3n) is 12.0. The van der Waals surface area contributed by atoms with Gasteiger partial charge in [0.2, 0.25) is 11.8 Å². The molecule has 2 aromatic carbocycles. The van der Waals surface area contributed by atoms with Crippen molar-refractivity contribution in [1.82, 2.24) is 15.0 Å². The first-order valence-corrected chi connectivity index (χ1v) is 21.6. The predicted octanol–water partition coefficient (Wildman–Crippen LogP) is 10.9. The summed E-state index contributed by atoms with van der Waals surface area (Å²) in [6.07, 6.45) is 17.4. The minimum Gasteiger partial charge on any atom is -0.477 e. The van der Waals surface area contributed by atoms with Crippen molar-refractivity contribution >= 4 is 16.0 Å². The van der Waals surface area contributed by atoms with E-state index in [1.54, 1.807) is 6.07 Å². The van der Waals surface area contributed by atoms with E-state index in [4.69, 9.17) is 19.7 Å². The summed E-state index contributed by atoms with van der Waals surface area (Å²) in [4.78, 5) is 14.9. The Bertz CT molecular complexity index is 1990. The quantitative estimate of drug-likeness (QED) is 0.203. The Morgan fingerprint density at radius 1 is 0.830 bits per heavy atom. The van der Waals surface area contributed by atoms with Crippen LogP contribution in [0, 0.1) is 31.1 Å². The Morgan fingerprint density at radius 2 is 1.57 bits per heavy atom. The minimum atomic E-state index is -4.01. The van der Waals surface area contributed by atoms with Crippen LogP contribution in [0.3, 0.4) is 0 Å². The van der Waals surface area contributed by atoms with Gasteiger partial charge in [-0.3, -0.25) is 4.98 Å². The third kappa shape index (κ3) is 8.96.